The highest BCUT2D eigenvalue weighted by molar-refractivity contribution is 6.01. The van der Waals surface area contributed by atoms with Gasteiger partial charge in [-0.2, -0.15) is 0 Å². The number of nitrogens with zero attached hydrogens (tertiary/aromatic N) is 3. The number of hydrogen-bond acceptors (Lipinski definition) is 5. The minimum atomic E-state index is -0.268. The third kappa shape index (κ3) is 4.52. The van der Waals surface area contributed by atoms with Crippen molar-refractivity contribution in [1.82, 2.24) is 9.47 Å². The second-order valence-corrected chi connectivity index (χ2v) is 8.01. The molecule has 0 radical (unpaired) electrons. The zero-order valence-corrected chi connectivity index (χ0v) is 19.0. The number of benzene rings is 3. The van der Waals surface area contributed by atoms with E-state index in [-0.39, 0.29) is 17.5 Å². The molecule has 0 fully saturated rings. The Morgan fingerprint density at radius 3 is 2.24 bits per heavy atom. The second-order valence-electron chi connectivity index (χ2n) is 8.01. The maximum absolute atomic E-state index is 13.2. The predicted octanol–water partition coefficient (Wildman–Crippen LogP) is 4.43. The van der Waals surface area contributed by atoms with Crippen LogP contribution in [-0.2, 0) is 0 Å². The van der Waals surface area contributed by atoms with E-state index in [1.807, 2.05) is 74.8 Å². The number of likely N-dealkylation sites (N-methyl/N-ethyl adjacent to an activating group) is 1. The summed E-state index contributed by atoms with van der Waals surface area (Å²) in [6, 6.07) is 24.4. The van der Waals surface area contributed by atoms with E-state index in [4.69, 9.17) is 4.74 Å². The molecule has 0 amide bonds. The summed E-state index contributed by atoms with van der Waals surface area (Å²) in [5.41, 5.74) is 1.96. The molecule has 0 aliphatic carbocycles. The Labute approximate surface area is 193 Å². The van der Waals surface area contributed by atoms with Crippen LogP contribution in [0.1, 0.15) is 17.2 Å². The number of aliphatic imine (C=N–C) groups is 1. The molecule has 0 saturated carbocycles. The molecule has 1 heterocycles. The highest BCUT2D eigenvalue weighted by Gasteiger charge is 2.17. The molecular weight excluding hydrogens is 414 g/mol. The zero-order chi connectivity index (χ0) is 23.4. The Bertz CT molecular complexity index is 1330. The number of aromatic nitrogens is 1. The van der Waals surface area contributed by atoms with Gasteiger partial charge < -0.3 is 14.7 Å². The predicted molar refractivity (Wildman–Crippen MR) is 133 cm³/mol. The first-order valence-corrected chi connectivity index (χ1v) is 10.7. The molecule has 1 aromatic heterocycles. The first-order chi connectivity index (χ1) is 16.0. The topological polar surface area (TPSA) is 67.1 Å². The van der Waals surface area contributed by atoms with Crippen LogP contribution in [0.5, 0.6) is 11.6 Å². The number of aromatic hydroxyl groups is 1. The monoisotopic (exact) mass is 441 g/mol. The Morgan fingerprint density at radius 2 is 1.61 bits per heavy atom. The highest BCUT2D eigenvalue weighted by atomic mass is 16.5. The fourth-order valence-electron chi connectivity index (χ4n) is 3.94. The van der Waals surface area contributed by atoms with Gasteiger partial charge in [-0.1, -0.05) is 48.5 Å². The van der Waals surface area contributed by atoms with Gasteiger partial charge in [0.1, 0.15) is 5.75 Å². The standard InChI is InChI=1S/C27H27N3O3/c1-29(2)25(19-13-15-21(33-3)16-14-19)18-28-17-24-22-11-7-8-12-23(22)26(31)30(27(24)32)20-9-5-4-6-10-20/h4-17,25,32H,18H2,1-3H3/t25-/m0/s1. The van der Waals surface area contributed by atoms with E-state index in [2.05, 4.69) is 9.89 Å². The Kier molecular flexibility index (Phi) is 6.56. The van der Waals surface area contributed by atoms with Crippen LogP contribution in [0.15, 0.2) is 88.6 Å². The molecular formula is C27H27N3O3. The number of pyridine rings is 1. The van der Waals surface area contributed by atoms with Crippen LogP contribution in [0.4, 0.5) is 0 Å². The quantitative estimate of drug-likeness (QED) is 0.431. The van der Waals surface area contributed by atoms with Gasteiger partial charge in [0.05, 0.1) is 30.9 Å². The first kappa shape index (κ1) is 22.3. The number of fused-ring (bicyclic) bond motifs is 1. The van der Waals surface area contributed by atoms with Crippen molar-refractivity contribution in [3.8, 4) is 17.3 Å². The van der Waals surface area contributed by atoms with Crippen molar-refractivity contribution in [2.24, 2.45) is 4.99 Å². The molecule has 4 rings (SSSR count). The molecule has 0 bridgehead atoms. The van der Waals surface area contributed by atoms with Gasteiger partial charge in [-0.15, -0.1) is 0 Å². The second kappa shape index (κ2) is 9.71. The van der Waals surface area contributed by atoms with E-state index in [0.29, 0.717) is 28.6 Å². The van der Waals surface area contributed by atoms with Crippen molar-refractivity contribution in [2.45, 2.75) is 6.04 Å². The number of ether oxygens (including phenoxy) is 1. The number of methoxy groups -OCH3 is 1. The van der Waals surface area contributed by atoms with E-state index in [1.165, 1.54) is 4.57 Å². The maximum atomic E-state index is 13.2. The average Bonchev–Trinajstić information content (AvgIpc) is 2.84. The van der Waals surface area contributed by atoms with Crippen LogP contribution in [0.3, 0.4) is 0 Å². The molecule has 4 aromatic rings. The first-order valence-electron chi connectivity index (χ1n) is 10.7. The van der Waals surface area contributed by atoms with E-state index >= 15 is 0 Å². The average molecular weight is 442 g/mol. The van der Waals surface area contributed by atoms with Crippen molar-refractivity contribution in [3.05, 3.63) is 100 Å². The van der Waals surface area contributed by atoms with Crippen molar-refractivity contribution in [2.75, 3.05) is 27.7 Å². The van der Waals surface area contributed by atoms with Gasteiger partial charge in [-0.05, 0) is 50.0 Å². The van der Waals surface area contributed by atoms with Crippen molar-refractivity contribution in [1.29, 1.82) is 0 Å². The van der Waals surface area contributed by atoms with Crippen LogP contribution >= 0.6 is 0 Å². The minimum absolute atomic E-state index is 0.0422. The third-order valence-electron chi connectivity index (χ3n) is 5.74. The fourth-order valence-corrected chi connectivity index (χ4v) is 3.94. The molecule has 3 aromatic carbocycles. The molecule has 6 heteroatoms. The molecule has 0 saturated heterocycles. The fraction of sp³-hybridized carbons (Fsp3) is 0.185. The van der Waals surface area contributed by atoms with E-state index in [1.54, 1.807) is 31.5 Å². The van der Waals surface area contributed by atoms with Crippen molar-refractivity contribution < 1.29 is 9.84 Å². The van der Waals surface area contributed by atoms with Gasteiger partial charge in [0.15, 0.2) is 0 Å². The van der Waals surface area contributed by atoms with Gasteiger partial charge in [0.2, 0.25) is 5.88 Å². The number of hydrogen-bond donors (Lipinski definition) is 1. The van der Waals surface area contributed by atoms with Crippen molar-refractivity contribution in [3.63, 3.8) is 0 Å². The number of rotatable bonds is 7. The normalized spacial score (nSPS) is 12.5. The van der Waals surface area contributed by atoms with Crippen molar-refractivity contribution >= 4 is 17.0 Å². The molecule has 0 unspecified atom stereocenters. The van der Waals surface area contributed by atoms with Crippen LogP contribution in [0, 0.1) is 0 Å². The Balaban J connectivity index is 1.75. The molecule has 0 aliphatic heterocycles. The van der Waals surface area contributed by atoms with E-state index in [0.717, 1.165) is 11.3 Å². The summed E-state index contributed by atoms with van der Waals surface area (Å²) >= 11 is 0. The molecule has 1 N–H and O–H groups in total. The highest BCUT2D eigenvalue weighted by Crippen LogP contribution is 2.26. The lowest BCUT2D eigenvalue weighted by Crippen LogP contribution is -2.23. The summed E-state index contributed by atoms with van der Waals surface area (Å²) in [6.07, 6.45) is 1.66. The van der Waals surface area contributed by atoms with Gasteiger partial charge in [-0.25, -0.2) is 4.57 Å². The van der Waals surface area contributed by atoms with Crippen LogP contribution in [0.25, 0.3) is 16.5 Å². The SMILES string of the molecule is COc1ccc([C@H](CN=Cc2c(O)n(-c3ccccc3)c(=O)c3ccccc23)N(C)C)cc1. The Hall–Kier alpha value is -3.90. The lowest BCUT2D eigenvalue weighted by atomic mass is 10.1. The lowest BCUT2D eigenvalue weighted by molar-refractivity contribution is 0.306. The summed E-state index contributed by atoms with van der Waals surface area (Å²) < 4.78 is 6.59. The lowest BCUT2D eigenvalue weighted by Gasteiger charge is -2.23. The third-order valence-corrected chi connectivity index (χ3v) is 5.74. The smallest absolute Gasteiger partial charge is 0.265 e. The summed E-state index contributed by atoms with van der Waals surface area (Å²) in [6.45, 7) is 0.484. The van der Waals surface area contributed by atoms with Crippen LogP contribution in [-0.4, -0.2) is 48.5 Å². The molecule has 1 atom stereocenters. The molecule has 0 spiro atoms. The molecule has 168 valence electrons. The van der Waals surface area contributed by atoms with E-state index in [9.17, 15) is 9.90 Å². The summed E-state index contributed by atoms with van der Waals surface area (Å²) in [4.78, 5) is 19.9. The summed E-state index contributed by atoms with van der Waals surface area (Å²) in [5, 5.41) is 12.3. The van der Waals surface area contributed by atoms with Gasteiger partial charge >= 0.3 is 0 Å². The van der Waals surface area contributed by atoms with Crippen LogP contribution < -0.4 is 10.3 Å². The van der Waals surface area contributed by atoms with Gasteiger partial charge in [0, 0.05) is 17.0 Å². The Morgan fingerprint density at radius 1 is 0.970 bits per heavy atom. The molecule has 6 nitrogen and oxygen atoms in total. The van der Waals surface area contributed by atoms with Crippen LogP contribution in [0.2, 0.25) is 0 Å². The maximum Gasteiger partial charge on any atom is 0.265 e. The minimum Gasteiger partial charge on any atom is -0.497 e. The zero-order valence-electron chi connectivity index (χ0n) is 19.0. The molecule has 33 heavy (non-hydrogen) atoms. The largest absolute Gasteiger partial charge is 0.497 e. The van der Waals surface area contributed by atoms with E-state index < -0.39 is 0 Å². The number of para-hydroxylation sites is 1. The summed E-state index contributed by atoms with van der Waals surface area (Å²) in [7, 11) is 5.66. The molecule has 0 aliphatic rings. The van der Waals surface area contributed by atoms with Gasteiger partial charge in [-0.3, -0.25) is 9.79 Å². The summed E-state index contributed by atoms with van der Waals surface area (Å²) in [5.74, 6) is 0.679. The van der Waals surface area contributed by atoms with Gasteiger partial charge in [0.25, 0.3) is 5.56 Å².